The molecule has 0 amide bonds. The number of anilines is 1. The molecular formula is C8H10BrN. The van der Waals surface area contributed by atoms with Crippen LogP contribution in [0.3, 0.4) is 0 Å². The second-order valence-corrected chi connectivity index (χ2v) is 3.32. The lowest BCUT2D eigenvalue weighted by molar-refractivity contribution is 1.37. The maximum Gasteiger partial charge on any atom is 0.0357 e. The predicted molar refractivity (Wildman–Crippen MR) is 48.0 cm³/mol. The van der Waals surface area contributed by atoms with Crippen LogP contribution in [-0.2, 0) is 0 Å². The molecule has 1 aromatic carbocycles. The highest BCUT2D eigenvalue weighted by Crippen LogP contribution is 2.22. The van der Waals surface area contributed by atoms with Crippen molar-refractivity contribution in [3.8, 4) is 0 Å². The molecule has 0 atom stereocenters. The van der Waals surface area contributed by atoms with E-state index < -0.39 is 0 Å². The third-order valence-electron chi connectivity index (χ3n) is 1.53. The molecule has 0 aliphatic rings. The second kappa shape index (κ2) is 2.62. The minimum atomic E-state index is 0.854. The molecule has 1 nitrogen and oxygen atoms in total. The molecule has 0 radical (unpaired) electrons. The lowest BCUT2D eigenvalue weighted by Crippen LogP contribution is -1.90. The third-order valence-corrected chi connectivity index (χ3v) is 2.35. The van der Waals surface area contributed by atoms with E-state index in [1.165, 1.54) is 5.56 Å². The molecule has 0 aliphatic heterocycles. The molecule has 0 saturated heterocycles. The van der Waals surface area contributed by atoms with Crippen LogP contribution in [0.1, 0.15) is 11.1 Å². The Kier molecular flexibility index (Phi) is 2.00. The van der Waals surface area contributed by atoms with Crippen molar-refractivity contribution in [1.82, 2.24) is 0 Å². The van der Waals surface area contributed by atoms with E-state index in [1.807, 2.05) is 19.9 Å². The molecule has 0 unspecified atom stereocenters. The fraction of sp³-hybridized carbons (Fsp3) is 0.250. The van der Waals surface area contributed by atoms with Crippen LogP contribution in [0, 0.1) is 13.8 Å². The van der Waals surface area contributed by atoms with Crippen LogP contribution in [0.5, 0.6) is 0 Å². The minimum Gasteiger partial charge on any atom is -0.398 e. The maximum atomic E-state index is 5.69. The number of aryl methyl sites for hydroxylation is 1. The molecule has 0 saturated carbocycles. The molecule has 1 aromatic rings. The van der Waals surface area contributed by atoms with Gasteiger partial charge in [-0.1, -0.05) is 15.9 Å². The summed E-state index contributed by atoms with van der Waals surface area (Å²) >= 11 is 3.42. The molecule has 0 aromatic heterocycles. The zero-order valence-electron chi connectivity index (χ0n) is 6.11. The topological polar surface area (TPSA) is 26.0 Å². The van der Waals surface area contributed by atoms with E-state index in [-0.39, 0.29) is 0 Å². The van der Waals surface area contributed by atoms with Crippen LogP contribution in [0.25, 0.3) is 0 Å². The van der Waals surface area contributed by atoms with E-state index in [4.69, 9.17) is 5.73 Å². The summed E-state index contributed by atoms with van der Waals surface area (Å²) in [5.74, 6) is 0. The van der Waals surface area contributed by atoms with Gasteiger partial charge in [0.05, 0.1) is 0 Å². The third kappa shape index (κ3) is 1.32. The Bertz CT molecular complexity index is 232. The summed E-state index contributed by atoms with van der Waals surface area (Å²) in [6.45, 7) is 4.03. The summed E-state index contributed by atoms with van der Waals surface area (Å²) in [6.07, 6.45) is 0. The van der Waals surface area contributed by atoms with E-state index in [0.717, 1.165) is 15.7 Å². The van der Waals surface area contributed by atoms with Gasteiger partial charge in [-0.3, -0.25) is 0 Å². The van der Waals surface area contributed by atoms with Gasteiger partial charge in [-0.05, 0) is 37.1 Å². The number of rotatable bonds is 0. The van der Waals surface area contributed by atoms with Crippen LogP contribution in [0.4, 0.5) is 5.69 Å². The Hall–Kier alpha value is -0.500. The quantitative estimate of drug-likeness (QED) is 0.640. The van der Waals surface area contributed by atoms with Gasteiger partial charge in [0.2, 0.25) is 0 Å². The Morgan fingerprint density at radius 2 is 1.90 bits per heavy atom. The van der Waals surface area contributed by atoms with E-state index in [0.29, 0.717) is 0 Å². The van der Waals surface area contributed by atoms with Gasteiger partial charge >= 0.3 is 0 Å². The van der Waals surface area contributed by atoms with Crippen LogP contribution in [0.15, 0.2) is 16.6 Å². The van der Waals surface area contributed by atoms with Crippen molar-refractivity contribution in [2.45, 2.75) is 13.8 Å². The maximum absolute atomic E-state index is 5.69. The number of nitrogens with two attached hydrogens (primary N) is 1. The van der Waals surface area contributed by atoms with Crippen molar-refractivity contribution in [3.63, 3.8) is 0 Å². The largest absolute Gasteiger partial charge is 0.398 e. The van der Waals surface area contributed by atoms with Crippen molar-refractivity contribution < 1.29 is 0 Å². The van der Waals surface area contributed by atoms with Gasteiger partial charge in [-0.15, -0.1) is 0 Å². The van der Waals surface area contributed by atoms with Gasteiger partial charge in [0.15, 0.2) is 0 Å². The zero-order chi connectivity index (χ0) is 7.72. The Balaban J connectivity index is 3.31. The van der Waals surface area contributed by atoms with Crippen LogP contribution in [0.2, 0.25) is 0 Å². The van der Waals surface area contributed by atoms with E-state index in [1.54, 1.807) is 0 Å². The first-order chi connectivity index (χ1) is 4.61. The first-order valence-electron chi connectivity index (χ1n) is 3.13. The molecule has 0 aliphatic carbocycles. The van der Waals surface area contributed by atoms with Crippen molar-refractivity contribution in [2.75, 3.05) is 5.73 Å². The SMILES string of the molecule is Cc1cc(N)c(C)c(Br)c1. The average molecular weight is 200 g/mol. The lowest BCUT2D eigenvalue weighted by atomic mass is 10.1. The molecular weight excluding hydrogens is 190 g/mol. The van der Waals surface area contributed by atoms with Crippen molar-refractivity contribution in [1.29, 1.82) is 0 Å². The summed E-state index contributed by atoms with van der Waals surface area (Å²) in [5.41, 5.74) is 8.85. The van der Waals surface area contributed by atoms with Gasteiger partial charge in [0.1, 0.15) is 0 Å². The number of benzene rings is 1. The zero-order valence-corrected chi connectivity index (χ0v) is 7.70. The fourth-order valence-corrected chi connectivity index (χ4v) is 1.43. The number of halogens is 1. The van der Waals surface area contributed by atoms with Gasteiger partial charge in [-0.25, -0.2) is 0 Å². The molecule has 1 rings (SSSR count). The molecule has 54 valence electrons. The van der Waals surface area contributed by atoms with Gasteiger partial charge in [0.25, 0.3) is 0 Å². The smallest absolute Gasteiger partial charge is 0.0357 e. The first-order valence-corrected chi connectivity index (χ1v) is 3.93. The van der Waals surface area contributed by atoms with Gasteiger partial charge in [-0.2, -0.15) is 0 Å². The summed E-state index contributed by atoms with van der Waals surface area (Å²) in [7, 11) is 0. The summed E-state index contributed by atoms with van der Waals surface area (Å²) in [6, 6.07) is 4.03. The van der Waals surface area contributed by atoms with E-state index >= 15 is 0 Å². The number of nitrogen functional groups attached to an aromatic ring is 1. The minimum absolute atomic E-state index is 0.854. The normalized spacial score (nSPS) is 9.90. The summed E-state index contributed by atoms with van der Waals surface area (Å²) < 4.78 is 1.09. The highest BCUT2D eigenvalue weighted by Gasteiger charge is 1.98. The van der Waals surface area contributed by atoms with Crippen LogP contribution in [-0.4, -0.2) is 0 Å². The molecule has 0 heterocycles. The highest BCUT2D eigenvalue weighted by molar-refractivity contribution is 9.10. The van der Waals surface area contributed by atoms with Crippen molar-refractivity contribution in [3.05, 3.63) is 27.7 Å². The average Bonchev–Trinajstić information content (AvgIpc) is 1.82. The molecule has 0 fully saturated rings. The van der Waals surface area contributed by atoms with Gasteiger partial charge in [0, 0.05) is 10.2 Å². The molecule has 10 heavy (non-hydrogen) atoms. The Labute approximate surface area is 69.4 Å². The molecule has 2 heteroatoms. The fourth-order valence-electron chi connectivity index (χ4n) is 0.841. The van der Waals surface area contributed by atoms with Crippen molar-refractivity contribution >= 4 is 21.6 Å². The number of hydrogen-bond donors (Lipinski definition) is 1. The van der Waals surface area contributed by atoms with E-state index in [2.05, 4.69) is 22.0 Å². The predicted octanol–water partition coefficient (Wildman–Crippen LogP) is 2.65. The Morgan fingerprint density at radius 3 is 2.40 bits per heavy atom. The summed E-state index contributed by atoms with van der Waals surface area (Å²) in [5, 5.41) is 0. The van der Waals surface area contributed by atoms with Crippen LogP contribution < -0.4 is 5.73 Å². The second-order valence-electron chi connectivity index (χ2n) is 2.46. The molecule has 0 spiro atoms. The summed E-state index contributed by atoms with van der Waals surface area (Å²) in [4.78, 5) is 0. The monoisotopic (exact) mass is 199 g/mol. The van der Waals surface area contributed by atoms with E-state index in [9.17, 15) is 0 Å². The van der Waals surface area contributed by atoms with Gasteiger partial charge < -0.3 is 5.73 Å². The molecule has 2 N–H and O–H groups in total. The first kappa shape index (κ1) is 7.61. The lowest BCUT2D eigenvalue weighted by Gasteiger charge is -2.03. The highest BCUT2D eigenvalue weighted by atomic mass is 79.9. The standard InChI is InChI=1S/C8H10BrN/c1-5-3-7(9)6(2)8(10)4-5/h3-4H,10H2,1-2H3. The van der Waals surface area contributed by atoms with Crippen molar-refractivity contribution in [2.24, 2.45) is 0 Å². The van der Waals surface area contributed by atoms with Crippen LogP contribution >= 0.6 is 15.9 Å². The Morgan fingerprint density at radius 1 is 1.30 bits per heavy atom. The number of hydrogen-bond acceptors (Lipinski definition) is 1. The molecule has 0 bridgehead atoms.